The number of carbonyl (C=O) groups is 1. The van der Waals surface area contributed by atoms with Crippen LogP contribution >= 0.6 is 0 Å². The number of hydrogen-bond acceptors (Lipinski definition) is 2. The molecule has 0 bridgehead atoms. The van der Waals surface area contributed by atoms with Crippen LogP contribution in [0.4, 0.5) is 0 Å². The Bertz CT molecular complexity index is 641. The van der Waals surface area contributed by atoms with E-state index in [1.54, 1.807) is 0 Å². The summed E-state index contributed by atoms with van der Waals surface area (Å²) < 4.78 is 0. The third-order valence-electron chi connectivity index (χ3n) is 4.99. The van der Waals surface area contributed by atoms with Gasteiger partial charge >= 0.3 is 0 Å². The van der Waals surface area contributed by atoms with Crippen LogP contribution in [-0.2, 0) is 11.2 Å². The zero-order chi connectivity index (χ0) is 16.8. The lowest BCUT2D eigenvalue weighted by atomic mass is 9.89. The minimum atomic E-state index is 0.208. The molecule has 1 fully saturated rings. The summed E-state index contributed by atoms with van der Waals surface area (Å²) >= 11 is 0. The van der Waals surface area contributed by atoms with E-state index in [0.29, 0.717) is 13.0 Å². The highest BCUT2D eigenvalue weighted by atomic mass is 16.2. The molecule has 2 N–H and O–H groups in total. The van der Waals surface area contributed by atoms with Gasteiger partial charge in [0.25, 0.3) is 0 Å². The first kappa shape index (κ1) is 16.7. The molecule has 1 saturated heterocycles. The lowest BCUT2D eigenvalue weighted by Crippen LogP contribution is -2.40. The van der Waals surface area contributed by atoms with E-state index in [9.17, 15) is 4.79 Å². The molecule has 1 aliphatic heterocycles. The molecule has 3 nitrogen and oxygen atoms in total. The van der Waals surface area contributed by atoms with Gasteiger partial charge in [-0.1, -0.05) is 60.7 Å². The second kappa shape index (κ2) is 8.11. The Labute approximate surface area is 144 Å². The molecule has 1 aliphatic rings. The molecule has 0 saturated carbocycles. The van der Waals surface area contributed by atoms with E-state index in [-0.39, 0.29) is 17.9 Å². The van der Waals surface area contributed by atoms with Crippen molar-refractivity contribution in [2.75, 3.05) is 13.1 Å². The first-order valence-electron chi connectivity index (χ1n) is 8.86. The number of nitrogens with two attached hydrogens (primary N) is 1. The fourth-order valence-electron chi connectivity index (χ4n) is 3.67. The number of likely N-dealkylation sites (tertiary alicyclic amines) is 1. The van der Waals surface area contributed by atoms with Crippen LogP contribution in [0.2, 0.25) is 0 Å². The Morgan fingerprint density at radius 3 is 2.42 bits per heavy atom. The SMILES string of the molecule is NCC1CCCN1C(=O)CC(Cc1ccccc1)c1ccccc1. The molecule has 0 radical (unpaired) electrons. The van der Waals surface area contributed by atoms with Gasteiger partial charge in [-0.05, 0) is 36.3 Å². The van der Waals surface area contributed by atoms with E-state index >= 15 is 0 Å². The van der Waals surface area contributed by atoms with Crippen molar-refractivity contribution in [3.63, 3.8) is 0 Å². The largest absolute Gasteiger partial charge is 0.338 e. The van der Waals surface area contributed by atoms with Crippen LogP contribution in [0, 0.1) is 0 Å². The molecule has 0 spiro atoms. The summed E-state index contributed by atoms with van der Waals surface area (Å²) in [4.78, 5) is 14.9. The Hall–Kier alpha value is -2.13. The molecule has 0 aromatic heterocycles. The standard InChI is InChI=1S/C21H26N2O/c22-16-20-12-7-13-23(20)21(24)15-19(18-10-5-2-6-11-18)14-17-8-3-1-4-9-17/h1-6,8-11,19-20H,7,12-16,22H2. The maximum atomic E-state index is 12.9. The van der Waals surface area contributed by atoms with Crippen molar-refractivity contribution in [2.45, 2.75) is 37.6 Å². The highest BCUT2D eigenvalue weighted by molar-refractivity contribution is 5.78. The smallest absolute Gasteiger partial charge is 0.223 e. The number of carbonyl (C=O) groups excluding carboxylic acids is 1. The summed E-state index contributed by atoms with van der Waals surface area (Å²) in [5, 5.41) is 0. The zero-order valence-electron chi connectivity index (χ0n) is 14.1. The minimum absolute atomic E-state index is 0.208. The number of hydrogen-bond donors (Lipinski definition) is 1. The minimum Gasteiger partial charge on any atom is -0.338 e. The third kappa shape index (κ3) is 4.04. The fourth-order valence-corrected chi connectivity index (χ4v) is 3.67. The topological polar surface area (TPSA) is 46.3 Å². The van der Waals surface area contributed by atoms with Gasteiger partial charge in [0.05, 0.1) is 0 Å². The molecule has 1 amide bonds. The van der Waals surface area contributed by atoms with E-state index in [0.717, 1.165) is 25.8 Å². The van der Waals surface area contributed by atoms with Crippen molar-refractivity contribution >= 4 is 5.91 Å². The number of amides is 1. The molecule has 2 aromatic carbocycles. The highest BCUT2D eigenvalue weighted by Crippen LogP contribution is 2.27. The Kier molecular flexibility index (Phi) is 5.65. The molecular weight excluding hydrogens is 296 g/mol. The molecule has 2 aromatic rings. The number of benzene rings is 2. The predicted octanol–water partition coefficient (Wildman–Crippen LogP) is 3.35. The van der Waals surface area contributed by atoms with E-state index < -0.39 is 0 Å². The second-order valence-electron chi connectivity index (χ2n) is 6.62. The highest BCUT2D eigenvalue weighted by Gasteiger charge is 2.29. The van der Waals surface area contributed by atoms with Gasteiger partial charge in [-0.2, -0.15) is 0 Å². The molecular formula is C21H26N2O. The maximum absolute atomic E-state index is 12.9. The molecule has 0 aliphatic carbocycles. The average Bonchev–Trinajstić information content (AvgIpc) is 3.12. The van der Waals surface area contributed by atoms with Crippen molar-refractivity contribution < 1.29 is 4.79 Å². The van der Waals surface area contributed by atoms with Crippen molar-refractivity contribution in [3.8, 4) is 0 Å². The molecule has 3 rings (SSSR count). The molecule has 2 unspecified atom stereocenters. The zero-order valence-corrected chi connectivity index (χ0v) is 14.1. The molecule has 126 valence electrons. The van der Waals surface area contributed by atoms with Gasteiger partial charge in [0.1, 0.15) is 0 Å². The fraction of sp³-hybridized carbons (Fsp3) is 0.381. The maximum Gasteiger partial charge on any atom is 0.223 e. The van der Waals surface area contributed by atoms with Gasteiger partial charge < -0.3 is 10.6 Å². The van der Waals surface area contributed by atoms with Gasteiger partial charge in [-0.25, -0.2) is 0 Å². The third-order valence-corrected chi connectivity index (χ3v) is 4.99. The summed E-state index contributed by atoms with van der Waals surface area (Å²) in [5.41, 5.74) is 8.34. The first-order chi connectivity index (χ1) is 11.8. The summed E-state index contributed by atoms with van der Waals surface area (Å²) in [6.45, 7) is 1.42. The lowest BCUT2D eigenvalue weighted by Gasteiger charge is -2.26. The number of rotatable bonds is 6. The monoisotopic (exact) mass is 322 g/mol. The number of nitrogens with zero attached hydrogens (tertiary/aromatic N) is 1. The van der Waals surface area contributed by atoms with Crippen LogP contribution in [-0.4, -0.2) is 29.9 Å². The Balaban J connectivity index is 1.76. The van der Waals surface area contributed by atoms with Crippen LogP contribution < -0.4 is 5.73 Å². The van der Waals surface area contributed by atoms with Gasteiger partial charge in [-0.3, -0.25) is 4.79 Å². The Morgan fingerprint density at radius 1 is 1.08 bits per heavy atom. The summed E-state index contributed by atoms with van der Waals surface area (Å²) in [6, 6.07) is 21.0. The predicted molar refractivity (Wildman–Crippen MR) is 97.7 cm³/mol. The van der Waals surface area contributed by atoms with Gasteiger partial charge in [-0.15, -0.1) is 0 Å². The quantitative estimate of drug-likeness (QED) is 0.886. The van der Waals surface area contributed by atoms with Crippen LogP contribution in [0.3, 0.4) is 0 Å². The first-order valence-corrected chi connectivity index (χ1v) is 8.86. The van der Waals surface area contributed by atoms with Gasteiger partial charge in [0, 0.05) is 25.6 Å². The van der Waals surface area contributed by atoms with Gasteiger partial charge in [0.2, 0.25) is 5.91 Å². The van der Waals surface area contributed by atoms with Crippen LogP contribution in [0.15, 0.2) is 60.7 Å². The van der Waals surface area contributed by atoms with Crippen LogP contribution in [0.1, 0.15) is 36.3 Å². The molecule has 3 heteroatoms. The Morgan fingerprint density at radius 2 is 1.75 bits per heavy atom. The van der Waals surface area contributed by atoms with Crippen molar-refractivity contribution in [3.05, 3.63) is 71.8 Å². The van der Waals surface area contributed by atoms with E-state index in [1.165, 1.54) is 11.1 Å². The van der Waals surface area contributed by atoms with E-state index in [1.807, 2.05) is 17.0 Å². The second-order valence-corrected chi connectivity index (χ2v) is 6.62. The van der Waals surface area contributed by atoms with Gasteiger partial charge in [0.15, 0.2) is 0 Å². The lowest BCUT2D eigenvalue weighted by molar-refractivity contribution is -0.132. The summed E-state index contributed by atoms with van der Waals surface area (Å²) in [6.07, 6.45) is 3.55. The van der Waals surface area contributed by atoms with Crippen LogP contribution in [0.5, 0.6) is 0 Å². The van der Waals surface area contributed by atoms with E-state index in [2.05, 4.69) is 48.5 Å². The molecule has 1 heterocycles. The van der Waals surface area contributed by atoms with Crippen molar-refractivity contribution in [1.29, 1.82) is 0 Å². The normalized spacial score (nSPS) is 18.5. The van der Waals surface area contributed by atoms with Crippen LogP contribution in [0.25, 0.3) is 0 Å². The average molecular weight is 322 g/mol. The summed E-state index contributed by atoms with van der Waals surface area (Å²) in [5.74, 6) is 0.452. The molecule has 2 atom stereocenters. The summed E-state index contributed by atoms with van der Waals surface area (Å²) in [7, 11) is 0. The van der Waals surface area contributed by atoms with Crippen molar-refractivity contribution in [2.24, 2.45) is 5.73 Å². The molecule has 24 heavy (non-hydrogen) atoms. The van der Waals surface area contributed by atoms with E-state index in [4.69, 9.17) is 5.73 Å². The van der Waals surface area contributed by atoms with Crippen molar-refractivity contribution in [1.82, 2.24) is 4.90 Å².